The zero-order chi connectivity index (χ0) is 12.1. The summed E-state index contributed by atoms with van der Waals surface area (Å²) >= 11 is 3.49. The fraction of sp³-hybridized carbons (Fsp3) is 0.214. The monoisotopic (exact) mass is 290 g/mol. The average molecular weight is 291 g/mol. The first-order valence-corrected chi connectivity index (χ1v) is 6.43. The Labute approximate surface area is 110 Å². The second kappa shape index (κ2) is 5.94. The normalized spacial score (nSPS) is 12.4. The van der Waals surface area contributed by atoms with Crippen molar-refractivity contribution in [3.8, 4) is 0 Å². The second-order valence-corrected chi connectivity index (χ2v) is 4.93. The third-order valence-electron chi connectivity index (χ3n) is 2.68. The van der Waals surface area contributed by atoms with Crippen LogP contribution < -0.4 is 5.32 Å². The molecular formula is C14H15BrN2. The number of rotatable bonds is 4. The lowest BCUT2D eigenvalue weighted by atomic mass is 10.1. The topological polar surface area (TPSA) is 24.9 Å². The molecule has 0 saturated heterocycles. The van der Waals surface area contributed by atoms with Crippen LogP contribution in [0, 0.1) is 0 Å². The maximum Gasteiger partial charge on any atom is 0.0312 e. The summed E-state index contributed by atoms with van der Waals surface area (Å²) in [4.78, 5) is 4.10. The van der Waals surface area contributed by atoms with Crippen LogP contribution in [0.25, 0.3) is 0 Å². The number of nitrogens with one attached hydrogen (secondary N) is 1. The number of nitrogens with zero attached hydrogens (tertiary/aromatic N) is 1. The van der Waals surface area contributed by atoms with E-state index in [-0.39, 0.29) is 0 Å². The van der Waals surface area contributed by atoms with Crippen molar-refractivity contribution in [2.24, 2.45) is 0 Å². The predicted molar refractivity (Wildman–Crippen MR) is 73.6 cm³/mol. The first-order valence-electron chi connectivity index (χ1n) is 5.63. The van der Waals surface area contributed by atoms with E-state index in [1.807, 2.05) is 18.3 Å². The Hall–Kier alpha value is -1.19. The van der Waals surface area contributed by atoms with Crippen LogP contribution >= 0.6 is 15.9 Å². The van der Waals surface area contributed by atoms with E-state index in [4.69, 9.17) is 0 Å². The summed E-state index contributed by atoms with van der Waals surface area (Å²) in [6.45, 7) is 3.00. The average Bonchev–Trinajstić information content (AvgIpc) is 2.37. The van der Waals surface area contributed by atoms with E-state index < -0.39 is 0 Å². The van der Waals surface area contributed by atoms with Gasteiger partial charge in [-0.3, -0.25) is 4.98 Å². The molecule has 2 rings (SSSR count). The molecule has 1 heterocycles. The molecule has 1 aromatic carbocycles. The van der Waals surface area contributed by atoms with Crippen molar-refractivity contribution >= 4 is 15.9 Å². The quantitative estimate of drug-likeness (QED) is 0.929. The molecule has 2 nitrogen and oxygen atoms in total. The summed E-state index contributed by atoms with van der Waals surface area (Å²) in [6, 6.07) is 12.7. The smallest absolute Gasteiger partial charge is 0.0312 e. The van der Waals surface area contributed by atoms with Crippen LogP contribution in [0.2, 0.25) is 0 Å². The highest BCUT2D eigenvalue weighted by Crippen LogP contribution is 2.18. The highest BCUT2D eigenvalue weighted by atomic mass is 79.9. The number of pyridine rings is 1. The summed E-state index contributed by atoms with van der Waals surface area (Å²) in [6.07, 6.45) is 3.68. The first-order chi connectivity index (χ1) is 8.25. The van der Waals surface area contributed by atoms with Gasteiger partial charge in [0.05, 0.1) is 0 Å². The van der Waals surface area contributed by atoms with Crippen molar-refractivity contribution in [1.82, 2.24) is 10.3 Å². The Morgan fingerprint density at radius 2 is 2.18 bits per heavy atom. The predicted octanol–water partition coefficient (Wildman–Crippen LogP) is 3.69. The zero-order valence-electron chi connectivity index (χ0n) is 9.73. The fourth-order valence-electron chi connectivity index (χ4n) is 1.67. The summed E-state index contributed by atoms with van der Waals surface area (Å²) in [5.74, 6) is 0. The van der Waals surface area contributed by atoms with Crippen LogP contribution in [0.1, 0.15) is 24.1 Å². The van der Waals surface area contributed by atoms with Gasteiger partial charge in [-0.25, -0.2) is 0 Å². The first kappa shape index (κ1) is 12.3. The Balaban J connectivity index is 1.96. The van der Waals surface area contributed by atoms with Gasteiger partial charge in [-0.05, 0) is 36.2 Å². The van der Waals surface area contributed by atoms with Crippen molar-refractivity contribution < 1.29 is 0 Å². The number of benzene rings is 1. The van der Waals surface area contributed by atoms with E-state index in [1.165, 1.54) is 11.1 Å². The second-order valence-electron chi connectivity index (χ2n) is 4.02. The highest BCUT2D eigenvalue weighted by molar-refractivity contribution is 9.10. The fourth-order valence-corrected chi connectivity index (χ4v) is 2.08. The van der Waals surface area contributed by atoms with Gasteiger partial charge >= 0.3 is 0 Å². The minimum Gasteiger partial charge on any atom is -0.306 e. The maximum atomic E-state index is 4.10. The zero-order valence-corrected chi connectivity index (χ0v) is 11.3. The molecule has 1 N–H and O–H groups in total. The summed E-state index contributed by atoms with van der Waals surface area (Å²) in [5, 5.41) is 3.48. The molecule has 88 valence electrons. The molecule has 2 aromatic rings. The van der Waals surface area contributed by atoms with Crippen LogP contribution in [0.3, 0.4) is 0 Å². The lowest BCUT2D eigenvalue weighted by Gasteiger charge is -2.14. The Morgan fingerprint density at radius 3 is 2.88 bits per heavy atom. The Morgan fingerprint density at radius 1 is 1.29 bits per heavy atom. The van der Waals surface area contributed by atoms with Crippen LogP contribution in [0.5, 0.6) is 0 Å². The SMILES string of the molecule is C[C@@H](NCc1cccnc1)c1cccc(Br)c1. The van der Waals surface area contributed by atoms with E-state index >= 15 is 0 Å². The van der Waals surface area contributed by atoms with Gasteiger partial charge in [0.25, 0.3) is 0 Å². The van der Waals surface area contributed by atoms with Gasteiger partial charge < -0.3 is 5.32 Å². The minimum absolute atomic E-state index is 0.327. The van der Waals surface area contributed by atoms with Crippen molar-refractivity contribution in [3.63, 3.8) is 0 Å². The molecule has 0 saturated carbocycles. The van der Waals surface area contributed by atoms with Gasteiger partial charge in [-0.1, -0.05) is 34.1 Å². The molecular weight excluding hydrogens is 276 g/mol. The van der Waals surface area contributed by atoms with Gasteiger partial charge in [0, 0.05) is 29.5 Å². The van der Waals surface area contributed by atoms with Crippen molar-refractivity contribution in [2.45, 2.75) is 19.5 Å². The summed E-state index contributed by atoms with van der Waals surface area (Å²) in [5.41, 5.74) is 2.48. The molecule has 0 radical (unpaired) electrons. The van der Waals surface area contributed by atoms with Gasteiger partial charge in [0.2, 0.25) is 0 Å². The number of aromatic nitrogens is 1. The molecule has 0 aliphatic heterocycles. The van der Waals surface area contributed by atoms with E-state index in [1.54, 1.807) is 6.20 Å². The van der Waals surface area contributed by atoms with Gasteiger partial charge in [0.1, 0.15) is 0 Å². The van der Waals surface area contributed by atoms with E-state index in [0.717, 1.165) is 11.0 Å². The Bertz CT molecular complexity index is 471. The molecule has 1 atom stereocenters. The van der Waals surface area contributed by atoms with Crippen LogP contribution in [0.15, 0.2) is 53.3 Å². The molecule has 0 spiro atoms. The van der Waals surface area contributed by atoms with E-state index in [0.29, 0.717) is 6.04 Å². The summed E-state index contributed by atoms with van der Waals surface area (Å²) < 4.78 is 1.12. The third kappa shape index (κ3) is 3.65. The largest absolute Gasteiger partial charge is 0.306 e. The van der Waals surface area contributed by atoms with E-state index in [9.17, 15) is 0 Å². The third-order valence-corrected chi connectivity index (χ3v) is 3.18. The number of hydrogen-bond acceptors (Lipinski definition) is 2. The van der Waals surface area contributed by atoms with Gasteiger partial charge in [-0.2, -0.15) is 0 Å². The molecule has 0 aliphatic carbocycles. The lowest BCUT2D eigenvalue weighted by Crippen LogP contribution is -2.18. The van der Waals surface area contributed by atoms with Crippen molar-refractivity contribution in [1.29, 1.82) is 0 Å². The van der Waals surface area contributed by atoms with Crippen LogP contribution in [0.4, 0.5) is 0 Å². The highest BCUT2D eigenvalue weighted by Gasteiger charge is 2.04. The van der Waals surface area contributed by atoms with Crippen LogP contribution in [-0.2, 0) is 6.54 Å². The van der Waals surface area contributed by atoms with Gasteiger partial charge in [-0.15, -0.1) is 0 Å². The summed E-state index contributed by atoms with van der Waals surface area (Å²) in [7, 11) is 0. The lowest BCUT2D eigenvalue weighted by molar-refractivity contribution is 0.573. The molecule has 0 fully saturated rings. The number of hydrogen-bond donors (Lipinski definition) is 1. The van der Waals surface area contributed by atoms with E-state index in [2.05, 4.69) is 57.4 Å². The molecule has 0 aliphatic rings. The number of halogens is 1. The van der Waals surface area contributed by atoms with Crippen molar-refractivity contribution in [2.75, 3.05) is 0 Å². The molecule has 3 heteroatoms. The Kier molecular flexibility index (Phi) is 4.29. The molecule has 1 aromatic heterocycles. The molecule has 0 amide bonds. The molecule has 0 unspecified atom stereocenters. The molecule has 17 heavy (non-hydrogen) atoms. The van der Waals surface area contributed by atoms with Crippen LogP contribution in [-0.4, -0.2) is 4.98 Å². The maximum absolute atomic E-state index is 4.10. The minimum atomic E-state index is 0.327. The standard InChI is InChI=1S/C14H15BrN2/c1-11(13-5-2-6-14(15)8-13)17-10-12-4-3-7-16-9-12/h2-9,11,17H,10H2,1H3/t11-/m1/s1. The molecule has 0 bridgehead atoms. The van der Waals surface area contributed by atoms with Gasteiger partial charge in [0.15, 0.2) is 0 Å². The van der Waals surface area contributed by atoms with Crippen molar-refractivity contribution in [3.05, 3.63) is 64.4 Å².